The van der Waals surface area contributed by atoms with Crippen molar-refractivity contribution >= 4 is 11.7 Å². The van der Waals surface area contributed by atoms with Gasteiger partial charge in [-0.1, -0.05) is 36.4 Å². The van der Waals surface area contributed by atoms with Crippen LogP contribution in [0.25, 0.3) is 0 Å². The van der Waals surface area contributed by atoms with Gasteiger partial charge in [0.15, 0.2) is 0 Å². The fourth-order valence-corrected chi connectivity index (χ4v) is 2.45. The molecule has 1 heterocycles. The molecular formula is C16H17FN4O. The van der Waals surface area contributed by atoms with Gasteiger partial charge >= 0.3 is 6.03 Å². The summed E-state index contributed by atoms with van der Waals surface area (Å²) in [5.74, 6) is -0.386. The second kappa shape index (κ2) is 6.55. The summed E-state index contributed by atoms with van der Waals surface area (Å²) >= 11 is 0. The number of rotatable bonds is 3. The molecule has 2 amide bonds. The lowest BCUT2D eigenvalue weighted by molar-refractivity contribution is 0.247. The molecule has 4 N–H and O–H groups in total. The molecule has 1 saturated heterocycles. The van der Waals surface area contributed by atoms with Crippen LogP contribution in [0, 0.1) is 5.82 Å². The third kappa shape index (κ3) is 3.60. The zero-order valence-corrected chi connectivity index (χ0v) is 11.8. The highest BCUT2D eigenvalue weighted by Crippen LogP contribution is 2.20. The van der Waals surface area contributed by atoms with Gasteiger partial charge in [-0.15, -0.1) is 0 Å². The molecule has 114 valence electrons. The second-order valence-electron chi connectivity index (χ2n) is 5.15. The van der Waals surface area contributed by atoms with E-state index in [0.29, 0.717) is 5.69 Å². The Morgan fingerprint density at radius 1 is 1.09 bits per heavy atom. The molecule has 0 saturated carbocycles. The Morgan fingerprint density at radius 3 is 2.68 bits per heavy atom. The maximum atomic E-state index is 13.1. The highest BCUT2D eigenvalue weighted by molar-refractivity contribution is 5.89. The van der Waals surface area contributed by atoms with Crippen molar-refractivity contribution in [3.8, 4) is 0 Å². The number of benzene rings is 2. The summed E-state index contributed by atoms with van der Waals surface area (Å²) in [5.41, 5.74) is 7.76. The molecule has 0 bridgehead atoms. The van der Waals surface area contributed by atoms with Crippen molar-refractivity contribution in [2.75, 3.05) is 5.32 Å². The largest absolute Gasteiger partial charge is 0.321 e. The summed E-state index contributed by atoms with van der Waals surface area (Å²) < 4.78 is 13.1. The van der Waals surface area contributed by atoms with E-state index in [1.54, 1.807) is 12.1 Å². The molecule has 1 fully saturated rings. The number of hydrogen-bond donors (Lipinski definition) is 4. The Kier molecular flexibility index (Phi) is 4.32. The molecule has 2 aromatic carbocycles. The summed E-state index contributed by atoms with van der Waals surface area (Å²) in [4.78, 5) is 11.9. The van der Waals surface area contributed by atoms with Crippen LogP contribution in [0.15, 0.2) is 54.6 Å². The van der Waals surface area contributed by atoms with Crippen molar-refractivity contribution in [3.05, 3.63) is 66.0 Å². The molecule has 6 heteroatoms. The molecular weight excluding hydrogens is 283 g/mol. The summed E-state index contributed by atoms with van der Waals surface area (Å²) in [6.45, 7) is 0. The minimum Gasteiger partial charge on any atom is -0.321 e. The van der Waals surface area contributed by atoms with Gasteiger partial charge in [0.05, 0.1) is 6.17 Å². The summed E-state index contributed by atoms with van der Waals surface area (Å²) in [5, 5.41) is 5.41. The van der Waals surface area contributed by atoms with E-state index in [9.17, 15) is 9.18 Å². The van der Waals surface area contributed by atoms with Crippen LogP contribution in [0.4, 0.5) is 14.9 Å². The Bertz CT molecular complexity index is 650. The minimum atomic E-state index is -0.386. The highest BCUT2D eigenvalue weighted by Gasteiger charge is 2.25. The fraction of sp³-hybridized carbons (Fsp3) is 0.188. The molecule has 1 aliphatic rings. The number of nitrogens with one attached hydrogen (secondary N) is 4. The van der Waals surface area contributed by atoms with Crippen LogP contribution in [-0.2, 0) is 0 Å². The van der Waals surface area contributed by atoms with Gasteiger partial charge in [-0.2, -0.15) is 0 Å². The van der Waals surface area contributed by atoms with Gasteiger partial charge in [0.25, 0.3) is 0 Å². The van der Waals surface area contributed by atoms with E-state index in [2.05, 4.69) is 21.5 Å². The average molecular weight is 300 g/mol. The lowest BCUT2D eigenvalue weighted by Crippen LogP contribution is -2.45. The van der Waals surface area contributed by atoms with Crippen LogP contribution in [-0.4, -0.2) is 12.2 Å². The third-order valence-electron chi connectivity index (χ3n) is 3.49. The Balaban J connectivity index is 1.53. The Morgan fingerprint density at radius 2 is 1.91 bits per heavy atom. The molecule has 5 nitrogen and oxygen atoms in total. The van der Waals surface area contributed by atoms with Crippen molar-refractivity contribution in [1.82, 2.24) is 16.2 Å². The molecule has 1 aliphatic heterocycles. The van der Waals surface area contributed by atoms with Crippen LogP contribution in [0.5, 0.6) is 0 Å². The molecule has 0 aliphatic carbocycles. The quantitative estimate of drug-likeness (QED) is 0.704. The van der Waals surface area contributed by atoms with E-state index in [0.717, 1.165) is 12.0 Å². The number of carbonyl (C=O) groups is 1. The first-order valence-electron chi connectivity index (χ1n) is 7.10. The molecule has 2 atom stereocenters. The van der Waals surface area contributed by atoms with Crippen molar-refractivity contribution in [2.24, 2.45) is 0 Å². The van der Waals surface area contributed by atoms with Gasteiger partial charge in [-0.05, 0) is 23.8 Å². The standard InChI is InChI=1S/C16H17FN4O/c17-12-7-4-8-13(9-12)18-16(22)19-15-10-14(20-21-15)11-5-2-1-3-6-11/h1-9,14-15,20-21H,10H2,(H2,18,19,22). The fourth-order valence-electron chi connectivity index (χ4n) is 2.45. The normalized spacial score (nSPS) is 20.6. The van der Waals surface area contributed by atoms with E-state index < -0.39 is 0 Å². The predicted molar refractivity (Wildman–Crippen MR) is 82.4 cm³/mol. The lowest BCUT2D eigenvalue weighted by atomic mass is 10.0. The number of urea groups is 1. The lowest BCUT2D eigenvalue weighted by Gasteiger charge is -2.13. The molecule has 3 rings (SSSR count). The zero-order chi connectivity index (χ0) is 15.4. The molecule has 22 heavy (non-hydrogen) atoms. The maximum absolute atomic E-state index is 13.1. The van der Waals surface area contributed by atoms with Crippen LogP contribution < -0.4 is 21.5 Å². The third-order valence-corrected chi connectivity index (χ3v) is 3.49. The van der Waals surface area contributed by atoms with E-state index in [4.69, 9.17) is 0 Å². The molecule has 0 spiro atoms. The van der Waals surface area contributed by atoms with E-state index >= 15 is 0 Å². The van der Waals surface area contributed by atoms with E-state index in [1.807, 2.05) is 30.3 Å². The van der Waals surface area contributed by atoms with Crippen LogP contribution in [0.2, 0.25) is 0 Å². The van der Waals surface area contributed by atoms with Gasteiger partial charge in [-0.3, -0.25) is 0 Å². The second-order valence-corrected chi connectivity index (χ2v) is 5.15. The minimum absolute atomic E-state index is 0.140. The SMILES string of the molecule is O=C(Nc1cccc(F)c1)NC1CC(c2ccccc2)NN1. The number of hydrazine groups is 1. The van der Waals surface area contributed by atoms with Crippen LogP contribution >= 0.6 is 0 Å². The Labute approximate surface area is 127 Å². The maximum Gasteiger partial charge on any atom is 0.320 e. The first kappa shape index (κ1) is 14.5. The number of hydrogen-bond acceptors (Lipinski definition) is 3. The first-order valence-corrected chi connectivity index (χ1v) is 7.10. The van der Waals surface area contributed by atoms with Crippen molar-refractivity contribution in [3.63, 3.8) is 0 Å². The number of carbonyl (C=O) groups excluding carboxylic acids is 1. The van der Waals surface area contributed by atoms with E-state index in [1.165, 1.54) is 12.1 Å². The monoisotopic (exact) mass is 300 g/mol. The Hall–Kier alpha value is -2.44. The summed E-state index contributed by atoms with van der Waals surface area (Å²) in [6, 6.07) is 15.5. The topological polar surface area (TPSA) is 65.2 Å². The molecule has 0 radical (unpaired) electrons. The predicted octanol–water partition coefficient (Wildman–Crippen LogP) is 2.51. The zero-order valence-electron chi connectivity index (χ0n) is 11.8. The van der Waals surface area contributed by atoms with Gasteiger partial charge in [0.1, 0.15) is 5.82 Å². The van der Waals surface area contributed by atoms with Crippen molar-refractivity contribution in [1.29, 1.82) is 0 Å². The summed E-state index contributed by atoms with van der Waals surface area (Å²) in [7, 11) is 0. The average Bonchev–Trinajstić information content (AvgIpc) is 2.96. The summed E-state index contributed by atoms with van der Waals surface area (Å²) in [6.07, 6.45) is 0.527. The van der Waals surface area contributed by atoms with Gasteiger partial charge in [-0.25, -0.2) is 20.0 Å². The molecule has 0 aromatic heterocycles. The van der Waals surface area contributed by atoms with Crippen molar-refractivity contribution in [2.45, 2.75) is 18.6 Å². The van der Waals surface area contributed by atoms with Gasteiger partial charge < -0.3 is 10.6 Å². The molecule has 2 unspecified atom stereocenters. The number of amides is 2. The smallest absolute Gasteiger partial charge is 0.320 e. The van der Waals surface area contributed by atoms with Crippen LogP contribution in [0.1, 0.15) is 18.0 Å². The van der Waals surface area contributed by atoms with E-state index in [-0.39, 0.29) is 24.1 Å². The van der Waals surface area contributed by atoms with Gasteiger partial charge in [0.2, 0.25) is 0 Å². The van der Waals surface area contributed by atoms with Crippen LogP contribution in [0.3, 0.4) is 0 Å². The first-order chi connectivity index (χ1) is 10.7. The van der Waals surface area contributed by atoms with Crippen molar-refractivity contribution < 1.29 is 9.18 Å². The molecule has 2 aromatic rings. The number of anilines is 1. The van der Waals surface area contributed by atoms with Gasteiger partial charge in [0, 0.05) is 18.2 Å². The number of halogens is 1. The highest BCUT2D eigenvalue weighted by atomic mass is 19.1.